The first-order valence-corrected chi connectivity index (χ1v) is 9.73. The van der Waals surface area contributed by atoms with Gasteiger partial charge in [-0.3, -0.25) is 10.1 Å². The van der Waals surface area contributed by atoms with Crippen LogP contribution in [0.25, 0.3) is 11.8 Å². The van der Waals surface area contributed by atoms with E-state index in [0.717, 1.165) is 22.6 Å². The number of rotatable bonds is 4. The minimum absolute atomic E-state index is 0.0445. The van der Waals surface area contributed by atoms with Gasteiger partial charge in [0.1, 0.15) is 11.6 Å². The molecule has 2 heterocycles. The molecule has 130 valence electrons. The number of carbonyl (C=O) groups excluding carboxylic acids is 1. The number of hydrogen-bond acceptors (Lipinski definition) is 4. The van der Waals surface area contributed by atoms with Crippen LogP contribution >= 0.6 is 33.9 Å². The zero-order chi connectivity index (χ0) is 18.7. The summed E-state index contributed by atoms with van der Waals surface area (Å²) in [5.74, 6) is -0.457. The van der Waals surface area contributed by atoms with Crippen molar-refractivity contribution in [2.24, 2.45) is 0 Å². The van der Waals surface area contributed by atoms with Crippen molar-refractivity contribution in [3.8, 4) is 11.8 Å². The van der Waals surface area contributed by atoms with Crippen LogP contribution in [0.3, 0.4) is 0 Å². The number of benzene rings is 1. The number of halogens is 1. The van der Waals surface area contributed by atoms with Gasteiger partial charge in [-0.05, 0) is 78.4 Å². The topological polar surface area (TPSA) is 70.7 Å². The van der Waals surface area contributed by atoms with E-state index in [4.69, 9.17) is 0 Å². The van der Waals surface area contributed by atoms with Crippen molar-refractivity contribution in [2.45, 2.75) is 13.8 Å². The largest absolute Gasteiger partial charge is 0.318 e. The minimum atomic E-state index is -0.457. The summed E-state index contributed by atoms with van der Waals surface area (Å²) in [6.07, 6.45) is 3.22. The molecular formula is C19H15IN4OS. The van der Waals surface area contributed by atoms with E-state index in [0.29, 0.717) is 5.13 Å². The van der Waals surface area contributed by atoms with E-state index >= 15 is 0 Å². The molecule has 0 bridgehead atoms. The Hall–Kier alpha value is -2.44. The normalized spacial score (nSPS) is 11.2. The Balaban J connectivity index is 1.94. The maximum atomic E-state index is 12.3. The van der Waals surface area contributed by atoms with Crippen molar-refractivity contribution >= 4 is 51.0 Å². The molecule has 0 saturated carbocycles. The maximum Gasteiger partial charge on any atom is 0.268 e. The van der Waals surface area contributed by atoms with E-state index in [1.165, 1.54) is 14.9 Å². The predicted molar refractivity (Wildman–Crippen MR) is 112 cm³/mol. The van der Waals surface area contributed by atoms with E-state index < -0.39 is 5.91 Å². The van der Waals surface area contributed by atoms with Crippen LogP contribution in [0.15, 0.2) is 47.5 Å². The van der Waals surface area contributed by atoms with Crippen LogP contribution < -0.4 is 5.32 Å². The number of carbonyl (C=O) groups is 1. The van der Waals surface area contributed by atoms with Gasteiger partial charge in [-0.2, -0.15) is 5.26 Å². The fraction of sp³-hybridized carbons (Fsp3) is 0.105. The van der Waals surface area contributed by atoms with Gasteiger partial charge in [0.15, 0.2) is 5.13 Å². The zero-order valence-corrected chi connectivity index (χ0v) is 17.1. The lowest BCUT2D eigenvalue weighted by Gasteiger charge is -2.09. The van der Waals surface area contributed by atoms with Crippen molar-refractivity contribution in [3.63, 3.8) is 0 Å². The van der Waals surface area contributed by atoms with Gasteiger partial charge in [0.2, 0.25) is 0 Å². The smallest absolute Gasteiger partial charge is 0.268 e. The van der Waals surface area contributed by atoms with Gasteiger partial charge < -0.3 is 4.57 Å². The van der Waals surface area contributed by atoms with E-state index in [1.807, 2.05) is 38.1 Å². The Morgan fingerprint density at radius 2 is 2.08 bits per heavy atom. The highest BCUT2D eigenvalue weighted by atomic mass is 127. The second kappa shape index (κ2) is 7.85. The monoisotopic (exact) mass is 474 g/mol. The highest BCUT2D eigenvalue weighted by Crippen LogP contribution is 2.24. The third-order valence-corrected chi connectivity index (χ3v) is 5.28. The number of nitrogens with zero attached hydrogens (tertiary/aromatic N) is 3. The van der Waals surface area contributed by atoms with E-state index in [2.05, 4.69) is 49.6 Å². The molecule has 1 aromatic carbocycles. The Morgan fingerprint density at radius 1 is 1.35 bits per heavy atom. The quantitative estimate of drug-likeness (QED) is 0.339. The van der Waals surface area contributed by atoms with Crippen LogP contribution in [-0.4, -0.2) is 15.5 Å². The number of anilines is 1. The molecule has 0 aliphatic rings. The lowest BCUT2D eigenvalue weighted by atomic mass is 10.1. The van der Waals surface area contributed by atoms with Gasteiger partial charge in [-0.25, -0.2) is 4.98 Å². The Bertz CT molecular complexity index is 1010. The first-order chi connectivity index (χ1) is 12.5. The summed E-state index contributed by atoms with van der Waals surface area (Å²) in [6.45, 7) is 3.98. The van der Waals surface area contributed by atoms with Crippen LogP contribution in [0.1, 0.15) is 17.0 Å². The van der Waals surface area contributed by atoms with E-state index in [9.17, 15) is 10.1 Å². The number of aryl methyl sites for hydroxylation is 1. The lowest BCUT2D eigenvalue weighted by molar-refractivity contribution is -0.112. The summed E-state index contributed by atoms with van der Waals surface area (Å²) in [4.78, 5) is 16.3. The van der Waals surface area contributed by atoms with E-state index in [-0.39, 0.29) is 5.57 Å². The molecule has 7 heteroatoms. The summed E-state index contributed by atoms with van der Waals surface area (Å²) >= 11 is 3.58. The van der Waals surface area contributed by atoms with Crippen LogP contribution in [0.4, 0.5) is 5.13 Å². The predicted octanol–water partition coefficient (Wildman–Crippen LogP) is 4.70. The highest BCUT2D eigenvalue weighted by molar-refractivity contribution is 14.1. The summed E-state index contributed by atoms with van der Waals surface area (Å²) < 4.78 is 3.27. The molecule has 26 heavy (non-hydrogen) atoms. The number of aromatic nitrogens is 2. The molecular weight excluding hydrogens is 459 g/mol. The van der Waals surface area contributed by atoms with Gasteiger partial charge in [0.05, 0.1) is 0 Å². The maximum absolute atomic E-state index is 12.3. The third kappa shape index (κ3) is 3.86. The number of nitriles is 1. The van der Waals surface area contributed by atoms with Crippen molar-refractivity contribution < 1.29 is 4.79 Å². The number of hydrogen-bond donors (Lipinski definition) is 1. The molecule has 0 fully saturated rings. The SMILES string of the molecule is Cc1cc(C=C(C#N)C(=O)Nc2nccs2)c(C)n1-c1ccc(I)cc1. The van der Waals surface area contributed by atoms with Gasteiger partial charge in [-0.15, -0.1) is 11.3 Å². The minimum Gasteiger partial charge on any atom is -0.318 e. The fourth-order valence-corrected chi connectivity index (χ4v) is 3.56. The molecule has 0 unspecified atom stereocenters. The summed E-state index contributed by atoms with van der Waals surface area (Å²) in [5.41, 5.74) is 3.94. The number of amides is 1. The second-order valence-electron chi connectivity index (χ2n) is 5.60. The van der Waals surface area contributed by atoms with Crippen LogP contribution in [0.2, 0.25) is 0 Å². The van der Waals surface area contributed by atoms with Gasteiger partial charge in [0, 0.05) is 32.2 Å². The number of nitrogens with one attached hydrogen (secondary N) is 1. The van der Waals surface area contributed by atoms with Crippen LogP contribution in [0, 0.1) is 28.7 Å². The number of thiazole rings is 1. The Kier molecular flexibility index (Phi) is 5.54. The third-order valence-electron chi connectivity index (χ3n) is 3.87. The van der Waals surface area contributed by atoms with Crippen LogP contribution in [0.5, 0.6) is 0 Å². The first-order valence-electron chi connectivity index (χ1n) is 7.77. The van der Waals surface area contributed by atoms with E-state index in [1.54, 1.807) is 17.7 Å². The molecule has 0 radical (unpaired) electrons. The summed E-state index contributed by atoms with van der Waals surface area (Å²) in [6, 6.07) is 12.2. The molecule has 0 aliphatic carbocycles. The summed E-state index contributed by atoms with van der Waals surface area (Å²) in [7, 11) is 0. The molecule has 0 atom stereocenters. The van der Waals surface area contributed by atoms with Crippen LogP contribution in [-0.2, 0) is 4.79 Å². The lowest BCUT2D eigenvalue weighted by Crippen LogP contribution is -2.13. The van der Waals surface area contributed by atoms with Crippen molar-refractivity contribution in [2.75, 3.05) is 5.32 Å². The average molecular weight is 474 g/mol. The molecule has 3 rings (SSSR count). The van der Waals surface area contributed by atoms with Gasteiger partial charge in [-0.1, -0.05) is 0 Å². The standard InChI is InChI=1S/C19H15IN4OS/c1-12-9-14(13(2)24(12)17-5-3-16(20)4-6-17)10-15(11-21)18(25)23-19-22-7-8-26-19/h3-10H,1-2H3,(H,22,23,25). The average Bonchev–Trinajstić information content (AvgIpc) is 3.22. The molecule has 3 aromatic rings. The molecule has 0 saturated heterocycles. The van der Waals surface area contributed by atoms with Crippen molar-refractivity contribution in [1.82, 2.24) is 9.55 Å². The van der Waals surface area contributed by atoms with Gasteiger partial charge >= 0.3 is 0 Å². The Labute approximate surface area is 169 Å². The van der Waals surface area contributed by atoms with Crippen molar-refractivity contribution in [1.29, 1.82) is 5.26 Å². The highest BCUT2D eigenvalue weighted by Gasteiger charge is 2.14. The van der Waals surface area contributed by atoms with Crippen molar-refractivity contribution in [3.05, 3.63) is 68.0 Å². The first kappa shape index (κ1) is 18.4. The summed E-state index contributed by atoms with van der Waals surface area (Å²) in [5, 5.41) is 14.3. The zero-order valence-electron chi connectivity index (χ0n) is 14.2. The van der Waals surface area contributed by atoms with Gasteiger partial charge in [0.25, 0.3) is 5.91 Å². The molecule has 0 spiro atoms. The molecule has 1 amide bonds. The fourth-order valence-electron chi connectivity index (χ4n) is 2.67. The molecule has 2 aromatic heterocycles. The Morgan fingerprint density at radius 3 is 2.69 bits per heavy atom. The molecule has 1 N–H and O–H groups in total. The molecule has 0 aliphatic heterocycles. The second-order valence-corrected chi connectivity index (χ2v) is 7.74. The molecule has 5 nitrogen and oxygen atoms in total.